The van der Waals surface area contributed by atoms with Gasteiger partial charge in [0.05, 0.1) is 25.1 Å². The van der Waals surface area contributed by atoms with Crippen molar-refractivity contribution in [2.24, 2.45) is 17.6 Å². The summed E-state index contributed by atoms with van der Waals surface area (Å²) in [6, 6.07) is 0. The fourth-order valence-electron chi connectivity index (χ4n) is 4.88. The highest BCUT2D eigenvalue weighted by molar-refractivity contribution is 5.75. The molecule has 2 atom stereocenters. The van der Waals surface area contributed by atoms with E-state index in [4.69, 9.17) is 5.73 Å². The first kappa shape index (κ1) is 27.3. The van der Waals surface area contributed by atoms with Crippen molar-refractivity contribution in [1.29, 1.82) is 0 Å². The maximum Gasteiger partial charge on any atom is 0.391 e. The zero-order valence-corrected chi connectivity index (χ0v) is 19.7. The Kier molecular flexibility index (Phi) is 8.73. The summed E-state index contributed by atoms with van der Waals surface area (Å²) in [7, 11) is 0. The average molecular weight is 509 g/mol. The molecular weight excluding hydrogens is 475 g/mol. The minimum atomic E-state index is -4.34. The Balaban J connectivity index is 1.61. The normalized spacial score (nSPS) is 28.0. The average Bonchev–Trinajstić information content (AvgIpc) is 2.77. The zero-order chi connectivity index (χ0) is 25.8. The van der Waals surface area contributed by atoms with Crippen LogP contribution in [0.5, 0.6) is 0 Å². The quantitative estimate of drug-likeness (QED) is 0.440. The minimum Gasteiger partial charge on any atom is -0.391 e. The molecule has 13 heteroatoms. The zero-order valence-electron chi connectivity index (χ0n) is 19.7. The lowest BCUT2D eigenvalue weighted by Gasteiger charge is -2.38. The van der Waals surface area contributed by atoms with E-state index < -0.39 is 35.6 Å². The summed E-state index contributed by atoms with van der Waals surface area (Å²) in [5.74, 6) is -3.22. The molecule has 0 aromatic carbocycles. The van der Waals surface area contributed by atoms with Crippen LogP contribution < -0.4 is 16.0 Å². The number of rotatable bonds is 9. The number of β-amino-alcohol motifs (C(OH)–C–C–N with tert-alkyl or cyclic N) is 1. The van der Waals surface area contributed by atoms with Crippen LogP contribution in [0, 0.1) is 17.7 Å². The second-order valence-corrected chi connectivity index (χ2v) is 9.54. The molecule has 0 spiro atoms. The van der Waals surface area contributed by atoms with Crippen LogP contribution in [0.15, 0.2) is 6.33 Å². The van der Waals surface area contributed by atoms with Crippen LogP contribution in [0.1, 0.15) is 39.0 Å². The number of primary amides is 1. The lowest BCUT2D eigenvalue weighted by molar-refractivity contribution is -0.187. The number of aromatic nitrogens is 2. The van der Waals surface area contributed by atoms with Gasteiger partial charge in [0.2, 0.25) is 11.7 Å². The fourth-order valence-corrected chi connectivity index (χ4v) is 4.88. The van der Waals surface area contributed by atoms with Gasteiger partial charge in [-0.3, -0.25) is 9.69 Å². The van der Waals surface area contributed by atoms with Gasteiger partial charge in [0.25, 0.3) is 0 Å². The van der Waals surface area contributed by atoms with E-state index >= 15 is 8.78 Å². The number of aliphatic hydroxyl groups is 1. The third-order valence-corrected chi connectivity index (χ3v) is 6.99. The van der Waals surface area contributed by atoms with E-state index in [0.29, 0.717) is 13.0 Å². The number of piperidine rings is 1. The second kappa shape index (κ2) is 11.2. The number of nitrogens with one attached hydrogen (secondary N) is 1. The van der Waals surface area contributed by atoms with Gasteiger partial charge in [-0.1, -0.05) is 0 Å². The molecule has 1 aromatic rings. The van der Waals surface area contributed by atoms with E-state index in [2.05, 4.69) is 15.3 Å². The predicted molar refractivity (Wildman–Crippen MR) is 120 cm³/mol. The Labute approximate surface area is 201 Å². The van der Waals surface area contributed by atoms with Crippen LogP contribution in [0.25, 0.3) is 0 Å². The third kappa shape index (κ3) is 7.12. The van der Waals surface area contributed by atoms with E-state index in [1.165, 1.54) is 4.90 Å². The SMILES string of the molecule is CCN(CC1(F)CCC(C(F)(F)F)CC1)c1ncnc(NC[C@H]2CCN(CC(N)=O)C[C@@H]2O)c1F. The van der Waals surface area contributed by atoms with E-state index in [-0.39, 0.29) is 76.0 Å². The molecule has 2 heterocycles. The van der Waals surface area contributed by atoms with E-state index in [1.54, 1.807) is 11.8 Å². The Morgan fingerprint density at radius 2 is 2.00 bits per heavy atom. The molecule has 1 aliphatic carbocycles. The Morgan fingerprint density at radius 1 is 1.31 bits per heavy atom. The van der Waals surface area contributed by atoms with Crippen molar-refractivity contribution in [1.82, 2.24) is 14.9 Å². The van der Waals surface area contributed by atoms with Crippen LogP contribution >= 0.6 is 0 Å². The predicted octanol–water partition coefficient (Wildman–Crippen LogP) is 2.48. The Bertz CT molecular complexity index is 865. The number of carbonyl (C=O) groups is 1. The van der Waals surface area contributed by atoms with Crippen molar-refractivity contribution in [2.45, 2.75) is 57.0 Å². The van der Waals surface area contributed by atoms with Crippen LogP contribution in [-0.2, 0) is 4.79 Å². The molecule has 1 aromatic heterocycles. The second-order valence-electron chi connectivity index (χ2n) is 9.54. The number of amides is 1. The van der Waals surface area contributed by atoms with Crippen LogP contribution in [0.3, 0.4) is 0 Å². The molecule has 1 aliphatic heterocycles. The minimum absolute atomic E-state index is 0.0564. The first-order valence-electron chi connectivity index (χ1n) is 11.9. The molecular formula is C22H33F5N6O2. The molecule has 0 bridgehead atoms. The first-order valence-corrected chi connectivity index (χ1v) is 11.9. The van der Waals surface area contributed by atoms with Gasteiger partial charge in [-0.2, -0.15) is 17.6 Å². The number of alkyl halides is 4. The lowest BCUT2D eigenvalue weighted by Crippen LogP contribution is -2.48. The standard InChI is InChI=1S/C22H33F5N6O2/c1-2-33(12-21(24)6-3-15(4-7-21)22(25,26)27)20-18(23)19(30-13-31-20)29-9-14-5-8-32(10-16(14)34)11-17(28)35/h13-16,34H,2-12H2,1H3,(H2,28,35)(H,29,30,31)/t14-,15?,16+,21?/m1/s1. The fraction of sp³-hybridized carbons (Fsp3) is 0.773. The maximum absolute atomic E-state index is 15.4. The number of carbonyl (C=O) groups excluding carboxylic acids is 1. The molecule has 3 rings (SSSR count). The van der Waals surface area contributed by atoms with E-state index in [9.17, 15) is 23.1 Å². The molecule has 0 radical (unpaired) electrons. The molecule has 1 saturated heterocycles. The number of likely N-dealkylation sites (tertiary alicyclic amines) is 1. The van der Waals surface area contributed by atoms with Crippen molar-refractivity contribution >= 4 is 17.5 Å². The largest absolute Gasteiger partial charge is 0.391 e. The van der Waals surface area contributed by atoms with E-state index in [0.717, 1.165) is 6.33 Å². The smallest absolute Gasteiger partial charge is 0.391 e. The molecule has 2 fully saturated rings. The first-order chi connectivity index (χ1) is 16.4. The molecule has 4 N–H and O–H groups in total. The number of nitrogens with zero attached hydrogens (tertiary/aromatic N) is 4. The highest BCUT2D eigenvalue weighted by Crippen LogP contribution is 2.43. The molecule has 1 amide bonds. The summed E-state index contributed by atoms with van der Waals surface area (Å²) in [5.41, 5.74) is 3.32. The van der Waals surface area contributed by atoms with Gasteiger partial charge in [0, 0.05) is 25.6 Å². The van der Waals surface area contributed by atoms with Gasteiger partial charge in [-0.15, -0.1) is 0 Å². The lowest BCUT2D eigenvalue weighted by atomic mass is 9.79. The summed E-state index contributed by atoms with van der Waals surface area (Å²) < 4.78 is 69.4. The van der Waals surface area contributed by atoms with Gasteiger partial charge in [0.1, 0.15) is 12.0 Å². The summed E-state index contributed by atoms with van der Waals surface area (Å²) in [6.07, 6.45) is -4.47. The molecule has 2 aliphatic rings. The van der Waals surface area contributed by atoms with Crippen molar-refractivity contribution < 1.29 is 31.9 Å². The number of anilines is 2. The number of aliphatic hydroxyl groups excluding tert-OH is 1. The van der Waals surface area contributed by atoms with Crippen LogP contribution in [0.2, 0.25) is 0 Å². The Hall–Kier alpha value is -2.28. The van der Waals surface area contributed by atoms with Gasteiger partial charge >= 0.3 is 6.18 Å². The van der Waals surface area contributed by atoms with E-state index in [1.807, 2.05) is 0 Å². The molecule has 35 heavy (non-hydrogen) atoms. The van der Waals surface area contributed by atoms with Gasteiger partial charge in [-0.25, -0.2) is 14.4 Å². The highest BCUT2D eigenvalue weighted by Gasteiger charge is 2.46. The summed E-state index contributed by atoms with van der Waals surface area (Å²) in [4.78, 5) is 22.1. The van der Waals surface area contributed by atoms with Crippen LogP contribution in [0.4, 0.5) is 33.6 Å². The molecule has 8 nitrogen and oxygen atoms in total. The number of hydrogen-bond acceptors (Lipinski definition) is 7. The van der Waals surface area contributed by atoms with Crippen molar-refractivity contribution in [2.75, 3.05) is 49.5 Å². The van der Waals surface area contributed by atoms with Gasteiger partial charge in [0.15, 0.2) is 11.6 Å². The third-order valence-electron chi connectivity index (χ3n) is 6.99. The number of halogens is 5. The monoisotopic (exact) mass is 508 g/mol. The van der Waals surface area contributed by atoms with Gasteiger partial charge < -0.3 is 21.1 Å². The molecule has 198 valence electrons. The molecule has 1 saturated carbocycles. The van der Waals surface area contributed by atoms with Crippen LogP contribution in [-0.4, -0.2) is 83.1 Å². The topological polar surface area (TPSA) is 108 Å². The number of nitrogens with two attached hydrogens (primary N) is 1. The van der Waals surface area contributed by atoms with Gasteiger partial charge in [-0.05, 0) is 45.6 Å². The summed E-state index contributed by atoms with van der Waals surface area (Å²) in [6.45, 7) is 2.73. The summed E-state index contributed by atoms with van der Waals surface area (Å²) >= 11 is 0. The van der Waals surface area contributed by atoms with Crippen molar-refractivity contribution in [3.63, 3.8) is 0 Å². The highest BCUT2D eigenvalue weighted by atomic mass is 19.4. The summed E-state index contributed by atoms with van der Waals surface area (Å²) in [5, 5.41) is 13.3. The molecule has 0 unspecified atom stereocenters. The van der Waals surface area contributed by atoms with Crippen molar-refractivity contribution in [3.8, 4) is 0 Å². The maximum atomic E-state index is 15.4. The van der Waals surface area contributed by atoms with Crippen molar-refractivity contribution in [3.05, 3.63) is 12.1 Å². The Morgan fingerprint density at radius 3 is 2.57 bits per heavy atom. The number of hydrogen-bond donors (Lipinski definition) is 3.